The van der Waals surface area contributed by atoms with Crippen LogP contribution in [0.2, 0.25) is 0 Å². The summed E-state index contributed by atoms with van der Waals surface area (Å²) in [4.78, 5) is 0. The van der Waals surface area contributed by atoms with E-state index in [-0.39, 0.29) is 18.4 Å². The van der Waals surface area contributed by atoms with E-state index in [1.807, 2.05) is 6.92 Å². The topological polar surface area (TPSA) is 30.5 Å². The highest BCUT2D eigenvalue weighted by Gasteiger charge is 2.34. The molecule has 0 radical (unpaired) electrons. The number of halogens is 3. The molecule has 0 unspecified atom stereocenters. The molecule has 0 amide bonds. The average Bonchev–Trinajstić information content (AvgIpc) is 2.45. The summed E-state index contributed by atoms with van der Waals surface area (Å²) in [5.74, 6) is -0.120. The Morgan fingerprint density at radius 3 is 2.62 bits per heavy atom. The number of ether oxygens (including phenoxy) is 2. The number of para-hydroxylation sites is 1. The van der Waals surface area contributed by atoms with Crippen molar-refractivity contribution in [2.75, 3.05) is 19.8 Å². The van der Waals surface area contributed by atoms with Crippen molar-refractivity contribution in [1.29, 1.82) is 0 Å². The number of hydrogen-bond donors (Lipinski definition) is 1. The van der Waals surface area contributed by atoms with Crippen molar-refractivity contribution in [3.8, 4) is 5.75 Å². The molecule has 0 spiro atoms. The van der Waals surface area contributed by atoms with Crippen LogP contribution in [0.3, 0.4) is 0 Å². The fraction of sp³-hybridized carbons (Fsp3) is 0.600. The van der Waals surface area contributed by atoms with Crippen LogP contribution < -0.4 is 10.1 Å². The van der Waals surface area contributed by atoms with Gasteiger partial charge in [-0.1, -0.05) is 12.1 Å². The van der Waals surface area contributed by atoms with Crippen molar-refractivity contribution in [3.63, 3.8) is 0 Å². The minimum atomic E-state index is -4.39. The van der Waals surface area contributed by atoms with E-state index in [0.717, 1.165) is 32.1 Å². The van der Waals surface area contributed by atoms with Gasteiger partial charge in [0.2, 0.25) is 0 Å². The summed E-state index contributed by atoms with van der Waals surface area (Å²) in [6.07, 6.45) is -2.55. The molecule has 21 heavy (non-hydrogen) atoms. The van der Waals surface area contributed by atoms with E-state index in [1.54, 1.807) is 6.07 Å². The maximum atomic E-state index is 12.8. The second kappa shape index (κ2) is 7.13. The molecule has 0 aromatic heterocycles. The van der Waals surface area contributed by atoms with Gasteiger partial charge in [0.1, 0.15) is 12.4 Å². The average molecular weight is 303 g/mol. The Morgan fingerprint density at radius 2 is 1.95 bits per heavy atom. The molecule has 0 saturated carbocycles. The quantitative estimate of drug-likeness (QED) is 0.906. The number of benzene rings is 1. The minimum Gasteiger partial charge on any atom is -0.491 e. The summed E-state index contributed by atoms with van der Waals surface area (Å²) < 4.78 is 49.1. The first-order chi connectivity index (χ1) is 9.97. The molecule has 3 nitrogen and oxygen atoms in total. The molecule has 1 aliphatic heterocycles. The van der Waals surface area contributed by atoms with E-state index in [1.165, 1.54) is 12.1 Å². The summed E-state index contributed by atoms with van der Waals surface area (Å²) >= 11 is 0. The van der Waals surface area contributed by atoms with E-state index < -0.39 is 11.7 Å². The molecule has 118 valence electrons. The van der Waals surface area contributed by atoms with Gasteiger partial charge < -0.3 is 14.8 Å². The van der Waals surface area contributed by atoms with Gasteiger partial charge in [0, 0.05) is 25.3 Å². The number of nitrogens with one attached hydrogen (secondary N) is 1. The zero-order valence-electron chi connectivity index (χ0n) is 12.0. The fourth-order valence-electron chi connectivity index (χ4n) is 2.36. The van der Waals surface area contributed by atoms with E-state index in [4.69, 9.17) is 9.47 Å². The Morgan fingerprint density at radius 1 is 1.29 bits per heavy atom. The van der Waals surface area contributed by atoms with Crippen LogP contribution >= 0.6 is 0 Å². The molecule has 2 rings (SSSR count). The Labute approximate surface area is 122 Å². The molecule has 1 heterocycles. The summed E-state index contributed by atoms with van der Waals surface area (Å²) in [5, 5.41) is 3.36. The van der Waals surface area contributed by atoms with E-state index >= 15 is 0 Å². The largest absolute Gasteiger partial charge is 0.491 e. The van der Waals surface area contributed by atoms with Gasteiger partial charge in [-0.05, 0) is 31.9 Å². The van der Waals surface area contributed by atoms with Crippen LogP contribution in [0, 0.1) is 0 Å². The molecule has 0 aliphatic carbocycles. The molecule has 0 bridgehead atoms. The Hall–Kier alpha value is -1.27. The van der Waals surface area contributed by atoms with Crippen LogP contribution in [0.1, 0.15) is 25.3 Å². The maximum absolute atomic E-state index is 12.8. The lowest BCUT2D eigenvalue weighted by Gasteiger charge is -2.27. The normalized spacial score (nSPS) is 18.5. The molecule has 1 aromatic rings. The van der Waals surface area contributed by atoms with Crippen LogP contribution in [-0.4, -0.2) is 31.9 Å². The third kappa shape index (κ3) is 4.89. The number of rotatable bonds is 5. The Balaban J connectivity index is 1.87. The van der Waals surface area contributed by atoms with E-state index in [0.29, 0.717) is 6.04 Å². The van der Waals surface area contributed by atoms with Gasteiger partial charge in [0.25, 0.3) is 0 Å². The Bertz CT molecular complexity index is 445. The lowest BCUT2D eigenvalue weighted by molar-refractivity contribution is -0.139. The molecular weight excluding hydrogens is 283 g/mol. The van der Waals surface area contributed by atoms with Crippen molar-refractivity contribution in [2.45, 2.75) is 38.0 Å². The Kier molecular flexibility index (Phi) is 5.47. The molecule has 1 aromatic carbocycles. The monoisotopic (exact) mass is 303 g/mol. The van der Waals surface area contributed by atoms with Crippen molar-refractivity contribution < 1.29 is 22.6 Å². The molecule has 1 atom stereocenters. The zero-order chi connectivity index (χ0) is 15.3. The second-order valence-corrected chi connectivity index (χ2v) is 5.26. The van der Waals surface area contributed by atoms with Crippen LogP contribution in [0.5, 0.6) is 5.75 Å². The van der Waals surface area contributed by atoms with Gasteiger partial charge in [-0.2, -0.15) is 13.2 Å². The van der Waals surface area contributed by atoms with Gasteiger partial charge in [-0.25, -0.2) is 0 Å². The van der Waals surface area contributed by atoms with Crippen molar-refractivity contribution in [3.05, 3.63) is 29.8 Å². The maximum Gasteiger partial charge on any atom is 0.419 e. The van der Waals surface area contributed by atoms with Gasteiger partial charge in [0.15, 0.2) is 0 Å². The third-order valence-electron chi connectivity index (χ3n) is 3.42. The predicted octanol–water partition coefficient (Wildman–Crippen LogP) is 3.24. The molecule has 1 aliphatic rings. The summed E-state index contributed by atoms with van der Waals surface area (Å²) in [6.45, 7) is 3.56. The van der Waals surface area contributed by atoms with Crippen molar-refractivity contribution in [2.24, 2.45) is 0 Å². The highest BCUT2D eigenvalue weighted by Crippen LogP contribution is 2.35. The third-order valence-corrected chi connectivity index (χ3v) is 3.42. The van der Waals surface area contributed by atoms with Crippen LogP contribution in [0.4, 0.5) is 13.2 Å². The molecule has 1 fully saturated rings. The van der Waals surface area contributed by atoms with Gasteiger partial charge in [-0.3, -0.25) is 0 Å². The van der Waals surface area contributed by atoms with Crippen LogP contribution in [-0.2, 0) is 10.9 Å². The lowest BCUT2D eigenvalue weighted by Crippen LogP contribution is -2.42. The first-order valence-electron chi connectivity index (χ1n) is 7.09. The molecule has 6 heteroatoms. The fourth-order valence-corrected chi connectivity index (χ4v) is 2.36. The number of alkyl halides is 3. The van der Waals surface area contributed by atoms with E-state index in [9.17, 15) is 13.2 Å². The molecule has 1 saturated heterocycles. The standard InChI is InChI=1S/C15H20F3NO2/c1-11(19-12-6-8-20-9-7-12)10-21-14-5-3-2-4-13(14)15(16,17)18/h2-5,11-12,19H,6-10H2,1H3/t11-/m0/s1. The zero-order valence-corrected chi connectivity index (χ0v) is 12.0. The molecule has 1 N–H and O–H groups in total. The van der Waals surface area contributed by atoms with Gasteiger partial charge in [-0.15, -0.1) is 0 Å². The second-order valence-electron chi connectivity index (χ2n) is 5.26. The minimum absolute atomic E-state index is 0.0191. The lowest BCUT2D eigenvalue weighted by atomic mass is 10.1. The summed E-state index contributed by atoms with van der Waals surface area (Å²) in [7, 11) is 0. The first-order valence-corrected chi connectivity index (χ1v) is 7.09. The SMILES string of the molecule is C[C@@H](COc1ccccc1C(F)(F)F)NC1CCOCC1. The van der Waals surface area contributed by atoms with Crippen molar-refractivity contribution in [1.82, 2.24) is 5.32 Å². The van der Waals surface area contributed by atoms with Gasteiger partial charge in [0.05, 0.1) is 5.56 Å². The van der Waals surface area contributed by atoms with Crippen LogP contribution in [0.15, 0.2) is 24.3 Å². The molecular formula is C15H20F3NO2. The highest BCUT2D eigenvalue weighted by molar-refractivity contribution is 5.35. The van der Waals surface area contributed by atoms with Gasteiger partial charge >= 0.3 is 6.18 Å². The van der Waals surface area contributed by atoms with E-state index in [2.05, 4.69) is 5.32 Å². The highest BCUT2D eigenvalue weighted by atomic mass is 19.4. The predicted molar refractivity (Wildman–Crippen MR) is 73.4 cm³/mol. The number of hydrogen-bond acceptors (Lipinski definition) is 3. The first kappa shape index (κ1) is 16.1. The van der Waals surface area contributed by atoms with Crippen molar-refractivity contribution >= 4 is 0 Å². The summed E-state index contributed by atoms with van der Waals surface area (Å²) in [5.41, 5.74) is -0.733. The smallest absolute Gasteiger partial charge is 0.419 e. The summed E-state index contributed by atoms with van der Waals surface area (Å²) in [6, 6.07) is 5.61. The van der Waals surface area contributed by atoms with Crippen LogP contribution in [0.25, 0.3) is 0 Å².